The van der Waals surface area contributed by atoms with Gasteiger partial charge in [-0.05, 0) is 19.8 Å². The molecule has 2 N–H and O–H groups in total. The molecular formula is C9H20O4. The summed E-state index contributed by atoms with van der Waals surface area (Å²) >= 11 is 0. The topological polar surface area (TPSA) is 58.9 Å². The van der Waals surface area contributed by atoms with E-state index in [9.17, 15) is 0 Å². The van der Waals surface area contributed by atoms with Crippen molar-refractivity contribution in [2.24, 2.45) is 0 Å². The number of hydrogen-bond donors (Lipinski definition) is 2. The second kappa shape index (κ2) is 9.92. The molecule has 1 aliphatic rings. The molecule has 0 atom stereocenters. The largest absolute Gasteiger partial charge is 0.394 e. The van der Waals surface area contributed by atoms with Gasteiger partial charge >= 0.3 is 0 Å². The highest BCUT2D eigenvalue weighted by Gasteiger charge is 2.20. The van der Waals surface area contributed by atoms with E-state index < -0.39 is 0 Å². The fourth-order valence-corrected chi connectivity index (χ4v) is 0.702. The molecule has 4 nitrogen and oxygen atoms in total. The normalized spacial score (nSPS) is 15.0. The minimum absolute atomic E-state index is 0.0278. The van der Waals surface area contributed by atoms with E-state index in [1.54, 1.807) is 0 Å². The number of aliphatic hydroxyl groups excluding tert-OH is 2. The molecular weight excluding hydrogens is 172 g/mol. The summed E-state index contributed by atoms with van der Waals surface area (Å²) < 4.78 is 9.78. The molecule has 0 aromatic carbocycles. The molecule has 0 aromatic heterocycles. The molecule has 0 aromatic rings. The molecule has 1 aliphatic carbocycles. The zero-order chi connectivity index (χ0) is 9.94. The molecule has 80 valence electrons. The van der Waals surface area contributed by atoms with Crippen LogP contribution in [0.3, 0.4) is 0 Å². The smallest absolute Gasteiger partial charge is 0.0698 e. The maximum atomic E-state index is 8.09. The molecule has 0 unspecified atom stereocenters. The molecule has 13 heavy (non-hydrogen) atoms. The van der Waals surface area contributed by atoms with Gasteiger partial charge in [-0.15, -0.1) is 0 Å². The maximum Gasteiger partial charge on any atom is 0.0698 e. The van der Waals surface area contributed by atoms with Crippen LogP contribution in [0.2, 0.25) is 0 Å². The van der Waals surface area contributed by atoms with Crippen LogP contribution in [-0.2, 0) is 9.47 Å². The first-order valence-electron chi connectivity index (χ1n) is 4.76. The van der Waals surface area contributed by atoms with Crippen LogP contribution in [-0.4, -0.2) is 49.4 Å². The van der Waals surface area contributed by atoms with E-state index in [0.29, 0.717) is 19.3 Å². The minimum Gasteiger partial charge on any atom is -0.394 e. The van der Waals surface area contributed by atoms with Gasteiger partial charge in [-0.2, -0.15) is 0 Å². The second-order valence-electron chi connectivity index (χ2n) is 2.71. The van der Waals surface area contributed by atoms with Gasteiger partial charge in [0.2, 0.25) is 0 Å². The van der Waals surface area contributed by atoms with Crippen LogP contribution in [0.5, 0.6) is 0 Å². The summed E-state index contributed by atoms with van der Waals surface area (Å²) in [5, 5.41) is 16.2. The zero-order valence-electron chi connectivity index (χ0n) is 8.24. The van der Waals surface area contributed by atoms with E-state index in [0.717, 1.165) is 6.61 Å². The second-order valence-corrected chi connectivity index (χ2v) is 2.71. The fourth-order valence-electron chi connectivity index (χ4n) is 0.702. The van der Waals surface area contributed by atoms with Gasteiger partial charge in [0, 0.05) is 6.61 Å². The van der Waals surface area contributed by atoms with E-state index in [2.05, 4.69) is 4.74 Å². The molecule has 0 spiro atoms. The van der Waals surface area contributed by atoms with Gasteiger partial charge < -0.3 is 19.7 Å². The van der Waals surface area contributed by atoms with Crippen molar-refractivity contribution in [3.63, 3.8) is 0 Å². The Morgan fingerprint density at radius 1 is 1.15 bits per heavy atom. The van der Waals surface area contributed by atoms with Gasteiger partial charge in [-0.1, -0.05) is 0 Å². The zero-order valence-corrected chi connectivity index (χ0v) is 8.24. The Morgan fingerprint density at radius 3 is 1.92 bits per heavy atom. The van der Waals surface area contributed by atoms with Crippen LogP contribution in [0, 0.1) is 0 Å². The van der Waals surface area contributed by atoms with Crippen molar-refractivity contribution in [3.05, 3.63) is 0 Å². The third-order valence-corrected chi connectivity index (χ3v) is 1.40. The molecule has 1 fully saturated rings. The van der Waals surface area contributed by atoms with Crippen LogP contribution in [0.25, 0.3) is 0 Å². The van der Waals surface area contributed by atoms with Crippen molar-refractivity contribution in [1.29, 1.82) is 0 Å². The van der Waals surface area contributed by atoms with Crippen molar-refractivity contribution in [2.45, 2.75) is 25.9 Å². The summed E-state index contributed by atoms with van der Waals surface area (Å²) in [5.41, 5.74) is 0. The lowest BCUT2D eigenvalue weighted by Crippen LogP contribution is -2.03. The number of hydrogen-bond acceptors (Lipinski definition) is 4. The Morgan fingerprint density at radius 2 is 1.69 bits per heavy atom. The minimum atomic E-state index is 0.0278. The Balaban J connectivity index is 0.000000223. The van der Waals surface area contributed by atoms with Gasteiger partial charge in [0.05, 0.1) is 32.5 Å². The lowest BCUT2D eigenvalue weighted by Gasteiger charge is -1.94. The Bertz CT molecular complexity index is 89.6. The van der Waals surface area contributed by atoms with E-state index in [4.69, 9.17) is 14.9 Å². The molecule has 0 aliphatic heterocycles. The molecule has 1 saturated carbocycles. The summed E-state index contributed by atoms with van der Waals surface area (Å²) in [6.07, 6.45) is 3.25. The number of ether oxygens (including phenoxy) is 2. The third-order valence-electron chi connectivity index (χ3n) is 1.40. The van der Waals surface area contributed by atoms with Crippen molar-refractivity contribution in [2.75, 3.05) is 33.0 Å². The van der Waals surface area contributed by atoms with Gasteiger partial charge in [0.25, 0.3) is 0 Å². The molecule has 0 amide bonds. The van der Waals surface area contributed by atoms with Crippen molar-refractivity contribution in [3.8, 4) is 0 Å². The monoisotopic (exact) mass is 192 g/mol. The fraction of sp³-hybridized carbons (Fsp3) is 1.00. The van der Waals surface area contributed by atoms with Crippen LogP contribution < -0.4 is 0 Å². The molecule has 4 heteroatoms. The average molecular weight is 192 g/mol. The Hall–Kier alpha value is -0.160. The highest BCUT2D eigenvalue weighted by molar-refractivity contribution is 4.72. The highest BCUT2D eigenvalue weighted by atomic mass is 16.5. The van der Waals surface area contributed by atoms with Crippen molar-refractivity contribution < 1.29 is 19.7 Å². The Kier molecular flexibility index (Phi) is 9.80. The van der Waals surface area contributed by atoms with Crippen LogP contribution in [0.15, 0.2) is 0 Å². The van der Waals surface area contributed by atoms with Crippen molar-refractivity contribution >= 4 is 0 Å². The van der Waals surface area contributed by atoms with Gasteiger partial charge in [-0.3, -0.25) is 0 Å². The molecule has 0 bridgehead atoms. The lowest BCUT2D eigenvalue weighted by molar-refractivity contribution is 0.0650. The van der Waals surface area contributed by atoms with E-state index in [-0.39, 0.29) is 13.2 Å². The number of rotatable bonds is 6. The quantitative estimate of drug-likeness (QED) is 0.589. The van der Waals surface area contributed by atoms with E-state index in [1.807, 2.05) is 6.92 Å². The van der Waals surface area contributed by atoms with Crippen LogP contribution in [0.4, 0.5) is 0 Å². The molecule has 0 heterocycles. The first-order valence-corrected chi connectivity index (χ1v) is 4.76. The predicted octanol–water partition coefficient (Wildman–Crippen LogP) is 0.173. The third kappa shape index (κ3) is 11.8. The Labute approximate surface area is 79.5 Å². The van der Waals surface area contributed by atoms with E-state index in [1.165, 1.54) is 12.8 Å². The molecule has 1 rings (SSSR count). The predicted molar refractivity (Wildman–Crippen MR) is 49.6 cm³/mol. The maximum absolute atomic E-state index is 8.09. The summed E-state index contributed by atoms with van der Waals surface area (Å²) in [6.45, 7) is 3.63. The standard InChI is InChI=1S/C5H10O.C4H10O3/c1-2-6-5-3-4-5;5-1-3-7-4-2-6/h5H,2-4H2,1H3;5-6H,1-4H2. The van der Waals surface area contributed by atoms with Crippen LogP contribution >= 0.6 is 0 Å². The number of aliphatic hydroxyl groups is 2. The van der Waals surface area contributed by atoms with Gasteiger partial charge in [0.1, 0.15) is 0 Å². The van der Waals surface area contributed by atoms with Crippen LogP contribution in [0.1, 0.15) is 19.8 Å². The SMILES string of the molecule is CCOC1CC1.OCCOCCO. The summed E-state index contributed by atoms with van der Waals surface area (Å²) in [7, 11) is 0. The first kappa shape index (κ1) is 12.8. The summed E-state index contributed by atoms with van der Waals surface area (Å²) in [5.74, 6) is 0. The average Bonchev–Trinajstić information content (AvgIpc) is 2.91. The summed E-state index contributed by atoms with van der Waals surface area (Å²) in [6, 6.07) is 0. The summed E-state index contributed by atoms with van der Waals surface area (Å²) in [4.78, 5) is 0. The van der Waals surface area contributed by atoms with Gasteiger partial charge in [0.15, 0.2) is 0 Å². The molecule has 0 radical (unpaired) electrons. The lowest BCUT2D eigenvalue weighted by atomic mass is 10.7. The highest BCUT2D eigenvalue weighted by Crippen LogP contribution is 2.22. The van der Waals surface area contributed by atoms with E-state index >= 15 is 0 Å². The first-order chi connectivity index (χ1) is 6.35. The van der Waals surface area contributed by atoms with Crippen molar-refractivity contribution in [1.82, 2.24) is 0 Å². The van der Waals surface area contributed by atoms with Gasteiger partial charge in [-0.25, -0.2) is 0 Å². The molecule has 0 saturated heterocycles.